The molecule has 0 aromatic heterocycles. The zero-order chi connectivity index (χ0) is 19.7. The lowest BCUT2D eigenvalue weighted by molar-refractivity contribution is 1.72. The van der Waals surface area contributed by atoms with Gasteiger partial charge in [0.05, 0.1) is 0 Å². The summed E-state index contributed by atoms with van der Waals surface area (Å²) in [6.45, 7) is 0. The second kappa shape index (κ2) is 5.81. The Kier molecular flexibility index (Phi) is 3.09. The van der Waals surface area contributed by atoms with E-state index in [2.05, 4.69) is 109 Å². The molecule has 0 spiro atoms. The first kappa shape index (κ1) is 16.0. The van der Waals surface area contributed by atoms with Crippen LogP contribution in [0, 0.1) is 0 Å². The van der Waals surface area contributed by atoms with E-state index in [1.165, 1.54) is 65.0 Å². The molecule has 0 nitrogen and oxygen atoms in total. The van der Waals surface area contributed by atoms with Crippen LogP contribution in [0.4, 0.5) is 0 Å². The van der Waals surface area contributed by atoms with Gasteiger partial charge in [0, 0.05) is 0 Å². The molecule has 7 rings (SSSR count). The normalized spacial score (nSPS) is 12.0. The quantitative estimate of drug-likeness (QED) is 0.198. The molecule has 0 N–H and O–H groups in total. The van der Waals surface area contributed by atoms with Gasteiger partial charge < -0.3 is 0 Å². The van der Waals surface area contributed by atoms with Gasteiger partial charge in [0.15, 0.2) is 0 Å². The summed E-state index contributed by atoms with van der Waals surface area (Å²) in [7, 11) is 0. The van der Waals surface area contributed by atoms with Gasteiger partial charge >= 0.3 is 0 Å². The van der Waals surface area contributed by atoms with Gasteiger partial charge in [-0.2, -0.15) is 0 Å². The summed E-state index contributed by atoms with van der Waals surface area (Å²) in [6.07, 6.45) is 0. The molecule has 0 aliphatic heterocycles. The van der Waals surface area contributed by atoms with Crippen LogP contribution in [0.15, 0.2) is 109 Å². The van der Waals surface area contributed by atoms with Crippen LogP contribution in [0.5, 0.6) is 0 Å². The zero-order valence-electron chi connectivity index (χ0n) is 16.4. The smallest absolute Gasteiger partial charge is 0.00206 e. The molecule has 0 aliphatic carbocycles. The minimum atomic E-state index is 1.29. The van der Waals surface area contributed by atoms with Gasteiger partial charge in [0.1, 0.15) is 0 Å². The van der Waals surface area contributed by atoms with E-state index >= 15 is 0 Å². The van der Waals surface area contributed by atoms with Gasteiger partial charge in [0.25, 0.3) is 0 Å². The van der Waals surface area contributed by atoms with Gasteiger partial charge in [-0.05, 0) is 71.1 Å². The Balaban J connectivity index is 1.74. The SMILES string of the molecule is c1ccc2c(-c3ccc4ccc5cccc6ccc3c4c56)c3ccccc3cc2c1. The molecule has 0 bridgehead atoms. The first-order valence-corrected chi connectivity index (χ1v) is 10.5. The molecular formula is C30H18. The molecule has 138 valence electrons. The van der Waals surface area contributed by atoms with Crippen molar-refractivity contribution in [3.63, 3.8) is 0 Å². The Hall–Kier alpha value is -3.90. The van der Waals surface area contributed by atoms with Crippen LogP contribution in [0.25, 0.3) is 65.0 Å². The average Bonchev–Trinajstić information content (AvgIpc) is 2.81. The van der Waals surface area contributed by atoms with Crippen molar-refractivity contribution in [1.29, 1.82) is 0 Å². The molecule has 0 heterocycles. The van der Waals surface area contributed by atoms with Crippen molar-refractivity contribution in [2.45, 2.75) is 0 Å². The standard InChI is InChI=1S/C30H18/c1-3-10-24-22(6-1)18-23-7-2-4-11-25(23)30(24)27-17-15-21-13-12-19-8-5-9-20-14-16-26(27)29(21)28(19)20/h1-18H. The molecule has 7 aromatic rings. The Morgan fingerprint density at radius 2 is 0.867 bits per heavy atom. The maximum absolute atomic E-state index is 2.32. The van der Waals surface area contributed by atoms with Crippen LogP contribution in [-0.2, 0) is 0 Å². The van der Waals surface area contributed by atoms with Gasteiger partial charge in [-0.1, -0.05) is 103 Å². The van der Waals surface area contributed by atoms with E-state index < -0.39 is 0 Å². The summed E-state index contributed by atoms with van der Waals surface area (Å²) >= 11 is 0. The molecule has 0 amide bonds. The van der Waals surface area contributed by atoms with E-state index in [-0.39, 0.29) is 0 Å². The Bertz CT molecular complexity index is 1670. The highest BCUT2D eigenvalue weighted by Crippen LogP contribution is 2.43. The number of rotatable bonds is 1. The fourth-order valence-electron chi connectivity index (χ4n) is 5.26. The number of fused-ring (bicyclic) bond motifs is 2. The first-order chi connectivity index (χ1) is 14.9. The molecule has 0 fully saturated rings. The van der Waals surface area contributed by atoms with E-state index in [1.54, 1.807) is 0 Å². The van der Waals surface area contributed by atoms with E-state index in [9.17, 15) is 0 Å². The fourth-order valence-corrected chi connectivity index (χ4v) is 5.26. The van der Waals surface area contributed by atoms with Gasteiger partial charge in [-0.25, -0.2) is 0 Å². The van der Waals surface area contributed by atoms with Crippen LogP contribution < -0.4 is 0 Å². The molecule has 0 saturated carbocycles. The summed E-state index contributed by atoms with van der Waals surface area (Å²) < 4.78 is 0. The predicted molar refractivity (Wildman–Crippen MR) is 131 cm³/mol. The van der Waals surface area contributed by atoms with Crippen molar-refractivity contribution in [3.8, 4) is 11.1 Å². The highest BCUT2D eigenvalue weighted by atomic mass is 14.2. The monoisotopic (exact) mass is 378 g/mol. The zero-order valence-corrected chi connectivity index (χ0v) is 16.4. The Labute approximate surface area is 174 Å². The van der Waals surface area contributed by atoms with Gasteiger partial charge in [0.2, 0.25) is 0 Å². The topological polar surface area (TPSA) is 0 Å². The van der Waals surface area contributed by atoms with Crippen LogP contribution in [-0.4, -0.2) is 0 Å². The molecule has 0 radical (unpaired) electrons. The first-order valence-electron chi connectivity index (χ1n) is 10.5. The third-order valence-electron chi connectivity index (χ3n) is 6.57. The molecule has 30 heavy (non-hydrogen) atoms. The molecule has 7 aromatic carbocycles. The van der Waals surface area contributed by atoms with Crippen LogP contribution in [0.3, 0.4) is 0 Å². The minimum absolute atomic E-state index is 1.29. The third-order valence-corrected chi connectivity index (χ3v) is 6.57. The Morgan fingerprint density at radius 1 is 0.333 bits per heavy atom. The van der Waals surface area contributed by atoms with Gasteiger partial charge in [-0.3, -0.25) is 0 Å². The molecule has 0 heteroatoms. The highest BCUT2D eigenvalue weighted by Gasteiger charge is 2.15. The fraction of sp³-hybridized carbons (Fsp3) is 0. The van der Waals surface area contributed by atoms with E-state index in [0.717, 1.165) is 0 Å². The summed E-state index contributed by atoms with van der Waals surface area (Å²) in [6, 6.07) is 40.1. The van der Waals surface area contributed by atoms with Crippen molar-refractivity contribution >= 4 is 53.9 Å². The average molecular weight is 378 g/mol. The maximum Gasteiger partial charge on any atom is -0.00206 e. The summed E-state index contributed by atoms with van der Waals surface area (Å²) in [5.74, 6) is 0. The van der Waals surface area contributed by atoms with Crippen LogP contribution >= 0.6 is 0 Å². The molecule has 0 aliphatic rings. The highest BCUT2D eigenvalue weighted by molar-refractivity contribution is 6.27. The maximum atomic E-state index is 2.32. The van der Waals surface area contributed by atoms with Crippen LogP contribution in [0.1, 0.15) is 0 Å². The summed E-state index contributed by atoms with van der Waals surface area (Å²) in [5, 5.41) is 13.2. The third kappa shape index (κ3) is 2.06. The summed E-state index contributed by atoms with van der Waals surface area (Å²) in [4.78, 5) is 0. The number of hydrogen-bond acceptors (Lipinski definition) is 0. The molecular weight excluding hydrogens is 360 g/mol. The Morgan fingerprint density at radius 3 is 1.57 bits per heavy atom. The summed E-state index contributed by atoms with van der Waals surface area (Å²) in [5.41, 5.74) is 2.65. The van der Waals surface area contributed by atoms with E-state index in [1.807, 2.05) is 0 Å². The largest absolute Gasteiger partial charge is 0.0616 e. The van der Waals surface area contributed by atoms with Crippen LogP contribution in [0.2, 0.25) is 0 Å². The minimum Gasteiger partial charge on any atom is -0.0616 e. The molecule has 0 unspecified atom stereocenters. The van der Waals surface area contributed by atoms with Crippen molar-refractivity contribution in [1.82, 2.24) is 0 Å². The molecule has 0 saturated heterocycles. The second-order valence-electron chi connectivity index (χ2n) is 8.16. The lowest BCUT2D eigenvalue weighted by Gasteiger charge is -2.17. The van der Waals surface area contributed by atoms with Crippen molar-refractivity contribution in [2.24, 2.45) is 0 Å². The van der Waals surface area contributed by atoms with Crippen molar-refractivity contribution in [2.75, 3.05) is 0 Å². The second-order valence-corrected chi connectivity index (χ2v) is 8.16. The van der Waals surface area contributed by atoms with Crippen molar-refractivity contribution in [3.05, 3.63) is 109 Å². The lowest BCUT2D eigenvalue weighted by atomic mass is 9.86. The molecule has 0 atom stereocenters. The number of benzene rings is 7. The van der Waals surface area contributed by atoms with Gasteiger partial charge in [-0.15, -0.1) is 0 Å². The number of hydrogen-bond donors (Lipinski definition) is 0. The van der Waals surface area contributed by atoms with E-state index in [4.69, 9.17) is 0 Å². The van der Waals surface area contributed by atoms with Crippen molar-refractivity contribution < 1.29 is 0 Å². The lowest BCUT2D eigenvalue weighted by Crippen LogP contribution is -1.89. The van der Waals surface area contributed by atoms with E-state index in [0.29, 0.717) is 0 Å². The predicted octanol–water partition coefficient (Wildman–Crippen LogP) is 8.56.